The molecular weight excluding hydrogens is 358 g/mol. The summed E-state index contributed by atoms with van der Waals surface area (Å²) >= 11 is 0. The lowest BCUT2D eigenvalue weighted by Gasteiger charge is -2.34. The molecule has 1 aliphatic heterocycles. The van der Waals surface area contributed by atoms with Crippen molar-refractivity contribution in [3.05, 3.63) is 22.5 Å². The monoisotopic (exact) mass is 383 g/mol. The van der Waals surface area contributed by atoms with Crippen LogP contribution in [0.1, 0.15) is 53.9 Å². The summed E-state index contributed by atoms with van der Waals surface area (Å²) in [4.78, 5) is 37.9. The third-order valence-corrected chi connectivity index (χ3v) is 4.31. The van der Waals surface area contributed by atoms with Gasteiger partial charge in [-0.2, -0.15) is 0 Å². The number of aromatic carboxylic acids is 1. The van der Waals surface area contributed by atoms with Crippen LogP contribution < -0.4 is 0 Å². The first kappa shape index (κ1) is 20.9. The molecule has 0 unspecified atom stereocenters. The third kappa shape index (κ3) is 5.08. The zero-order chi connectivity index (χ0) is 20.2. The minimum Gasteiger partial charge on any atom is -0.477 e. The van der Waals surface area contributed by atoms with Crippen molar-refractivity contribution in [1.29, 1.82) is 0 Å². The van der Waals surface area contributed by atoms with Gasteiger partial charge in [-0.15, -0.1) is 0 Å². The molecule has 0 aromatic carbocycles. The molecule has 0 atom stereocenters. The second kappa shape index (κ2) is 8.53. The van der Waals surface area contributed by atoms with E-state index >= 15 is 0 Å². The Balaban J connectivity index is 2.43. The Kier molecular flexibility index (Phi) is 6.61. The van der Waals surface area contributed by atoms with Crippen LogP contribution in [0.5, 0.6) is 0 Å². The Labute approximate surface area is 156 Å². The van der Waals surface area contributed by atoms with Crippen LogP contribution in [-0.4, -0.2) is 55.4 Å². The maximum Gasteiger partial charge on any atom is 0.352 e. The molecular formula is C18H25NO8. The first-order chi connectivity index (χ1) is 12.7. The van der Waals surface area contributed by atoms with Gasteiger partial charge in [0.1, 0.15) is 5.69 Å². The summed E-state index contributed by atoms with van der Waals surface area (Å²) in [6.07, 6.45) is -0.932. The van der Waals surface area contributed by atoms with Gasteiger partial charge >= 0.3 is 17.9 Å². The van der Waals surface area contributed by atoms with Crippen molar-refractivity contribution < 1.29 is 38.4 Å². The van der Waals surface area contributed by atoms with Gasteiger partial charge < -0.3 is 29.0 Å². The van der Waals surface area contributed by atoms with Crippen molar-refractivity contribution in [3.8, 4) is 0 Å². The molecule has 1 saturated heterocycles. The lowest BCUT2D eigenvalue weighted by atomic mass is 9.95. The predicted molar refractivity (Wildman–Crippen MR) is 92.2 cm³/mol. The Morgan fingerprint density at radius 3 is 2.22 bits per heavy atom. The topological polar surface area (TPSA) is 124 Å². The van der Waals surface area contributed by atoms with Gasteiger partial charge in [0.25, 0.3) is 0 Å². The number of aromatic nitrogens is 1. The highest BCUT2D eigenvalue weighted by Crippen LogP contribution is 2.35. The van der Waals surface area contributed by atoms with E-state index < -0.39 is 24.2 Å². The standard InChI is InChI=1S/C18H25NO8/c1-18(2)8-26-17(27-9-18)15-11(7-13(21)25-4)10(5-6-12(20)24-3)14(19-15)16(22)23/h17,19H,5-9H2,1-4H3,(H,22,23). The van der Waals surface area contributed by atoms with E-state index in [4.69, 9.17) is 14.2 Å². The van der Waals surface area contributed by atoms with E-state index in [0.29, 0.717) is 30.0 Å². The first-order valence-electron chi connectivity index (χ1n) is 8.52. The van der Waals surface area contributed by atoms with E-state index in [-0.39, 0.29) is 30.4 Å². The number of hydrogen-bond donors (Lipinski definition) is 2. The fourth-order valence-electron chi connectivity index (χ4n) is 2.87. The van der Waals surface area contributed by atoms with Crippen LogP contribution in [0.4, 0.5) is 0 Å². The van der Waals surface area contributed by atoms with E-state index in [1.165, 1.54) is 14.2 Å². The molecule has 2 rings (SSSR count). The molecule has 9 heteroatoms. The number of rotatable bonds is 7. The number of nitrogens with one attached hydrogen (secondary N) is 1. The molecule has 150 valence electrons. The number of carboxylic acids is 1. The summed E-state index contributed by atoms with van der Waals surface area (Å²) in [5, 5.41) is 9.55. The maximum atomic E-state index is 11.9. The fraction of sp³-hybridized carbons (Fsp3) is 0.611. The second-order valence-electron chi connectivity index (χ2n) is 7.12. The molecule has 0 spiro atoms. The molecule has 2 heterocycles. The largest absolute Gasteiger partial charge is 0.477 e. The summed E-state index contributed by atoms with van der Waals surface area (Å²) in [5.41, 5.74) is 0.825. The molecule has 0 saturated carbocycles. The number of ether oxygens (including phenoxy) is 4. The third-order valence-electron chi connectivity index (χ3n) is 4.31. The summed E-state index contributed by atoms with van der Waals surface area (Å²) in [6.45, 7) is 4.79. The second-order valence-corrected chi connectivity index (χ2v) is 7.12. The molecule has 2 N–H and O–H groups in total. The zero-order valence-electron chi connectivity index (χ0n) is 15.9. The van der Waals surface area contributed by atoms with E-state index in [9.17, 15) is 19.5 Å². The number of carboxylic acid groups (broad SMARTS) is 1. The van der Waals surface area contributed by atoms with E-state index in [1.807, 2.05) is 13.8 Å². The average molecular weight is 383 g/mol. The highest BCUT2D eigenvalue weighted by Gasteiger charge is 2.34. The van der Waals surface area contributed by atoms with Gasteiger partial charge in [0, 0.05) is 11.8 Å². The minimum atomic E-state index is -1.21. The van der Waals surface area contributed by atoms with Crippen molar-refractivity contribution >= 4 is 17.9 Å². The smallest absolute Gasteiger partial charge is 0.352 e. The van der Waals surface area contributed by atoms with Crippen molar-refractivity contribution in [2.45, 2.75) is 39.4 Å². The van der Waals surface area contributed by atoms with Crippen LogP contribution in [0.15, 0.2) is 0 Å². The zero-order valence-corrected chi connectivity index (χ0v) is 15.9. The molecule has 1 aromatic rings. The number of methoxy groups -OCH3 is 2. The van der Waals surface area contributed by atoms with Crippen molar-refractivity contribution in [2.24, 2.45) is 5.41 Å². The number of carbonyl (C=O) groups is 3. The molecule has 9 nitrogen and oxygen atoms in total. The molecule has 1 fully saturated rings. The van der Waals surface area contributed by atoms with Crippen LogP contribution in [0.25, 0.3) is 0 Å². The summed E-state index contributed by atoms with van der Waals surface area (Å²) in [6, 6.07) is 0. The summed E-state index contributed by atoms with van der Waals surface area (Å²) in [5.74, 6) is -2.23. The lowest BCUT2D eigenvalue weighted by Crippen LogP contribution is -2.34. The predicted octanol–water partition coefficient (Wildman–Crippen LogP) is 1.61. The Bertz CT molecular complexity index is 711. The van der Waals surface area contributed by atoms with Crippen LogP contribution in [0, 0.1) is 5.41 Å². The van der Waals surface area contributed by atoms with Gasteiger partial charge in [0.2, 0.25) is 0 Å². The average Bonchev–Trinajstić information content (AvgIpc) is 2.98. The van der Waals surface area contributed by atoms with Gasteiger partial charge in [0.15, 0.2) is 6.29 Å². The highest BCUT2D eigenvalue weighted by molar-refractivity contribution is 5.89. The van der Waals surface area contributed by atoms with Crippen LogP contribution in [-0.2, 0) is 41.4 Å². The van der Waals surface area contributed by atoms with Gasteiger partial charge in [0.05, 0.1) is 39.5 Å². The molecule has 0 bridgehead atoms. The number of hydrogen-bond acceptors (Lipinski definition) is 7. The first-order valence-corrected chi connectivity index (χ1v) is 8.52. The molecule has 0 amide bonds. The van der Waals surface area contributed by atoms with Crippen molar-refractivity contribution in [3.63, 3.8) is 0 Å². The summed E-state index contributed by atoms with van der Waals surface area (Å²) in [7, 11) is 2.50. The van der Waals surface area contributed by atoms with Gasteiger partial charge in [-0.05, 0) is 17.5 Å². The number of carbonyl (C=O) groups excluding carboxylic acids is 2. The van der Waals surface area contributed by atoms with E-state index in [0.717, 1.165) is 0 Å². The lowest BCUT2D eigenvalue weighted by molar-refractivity contribution is -0.228. The molecule has 1 aromatic heterocycles. The Hall–Kier alpha value is -2.39. The Morgan fingerprint density at radius 2 is 1.70 bits per heavy atom. The molecule has 1 aliphatic rings. The number of H-pyrrole nitrogens is 1. The van der Waals surface area contributed by atoms with E-state index in [1.54, 1.807) is 0 Å². The van der Waals surface area contributed by atoms with Gasteiger partial charge in [-0.1, -0.05) is 13.8 Å². The van der Waals surface area contributed by atoms with E-state index in [2.05, 4.69) is 9.72 Å². The van der Waals surface area contributed by atoms with Crippen LogP contribution in [0.3, 0.4) is 0 Å². The number of aromatic amines is 1. The fourth-order valence-corrected chi connectivity index (χ4v) is 2.87. The van der Waals surface area contributed by atoms with Crippen LogP contribution in [0.2, 0.25) is 0 Å². The van der Waals surface area contributed by atoms with Gasteiger partial charge in [-0.3, -0.25) is 9.59 Å². The number of esters is 2. The van der Waals surface area contributed by atoms with Crippen molar-refractivity contribution in [1.82, 2.24) is 4.98 Å². The van der Waals surface area contributed by atoms with Crippen molar-refractivity contribution in [2.75, 3.05) is 27.4 Å². The SMILES string of the molecule is COC(=O)CCc1c(C(=O)O)[nH]c(C2OCC(C)(C)CO2)c1CC(=O)OC. The molecule has 0 aliphatic carbocycles. The maximum absolute atomic E-state index is 11.9. The molecule has 27 heavy (non-hydrogen) atoms. The summed E-state index contributed by atoms with van der Waals surface area (Å²) < 4.78 is 20.8. The highest BCUT2D eigenvalue weighted by atomic mass is 16.7. The normalized spacial score (nSPS) is 16.7. The van der Waals surface area contributed by atoms with Crippen LogP contribution >= 0.6 is 0 Å². The molecule has 0 radical (unpaired) electrons. The van der Waals surface area contributed by atoms with Gasteiger partial charge in [-0.25, -0.2) is 4.79 Å². The Morgan fingerprint density at radius 1 is 1.11 bits per heavy atom. The quantitative estimate of drug-likeness (QED) is 0.681. The minimum absolute atomic E-state index is 0.0261.